The van der Waals surface area contributed by atoms with Crippen molar-refractivity contribution < 1.29 is 15.3 Å². The van der Waals surface area contributed by atoms with Crippen molar-refractivity contribution in [2.45, 2.75) is 30.8 Å². The monoisotopic (exact) mass is 250 g/mol. The fourth-order valence-electron chi connectivity index (χ4n) is 2.52. The summed E-state index contributed by atoms with van der Waals surface area (Å²) in [6.45, 7) is 0. The first-order chi connectivity index (χ1) is 8.59. The summed E-state index contributed by atoms with van der Waals surface area (Å²) in [6, 6.07) is 1.34. The van der Waals surface area contributed by atoms with Gasteiger partial charge in [-0.05, 0) is 12.5 Å². The van der Waals surface area contributed by atoms with E-state index in [1.165, 1.54) is 6.33 Å². The molecule has 1 aliphatic carbocycles. The van der Waals surface area contributed by atoms with Gasteiger partial charge in [-0.3, -0.25) is 0 Å². The van der Waals surface area contributed by atoms with E-state index in [0.717, 1.165) is 0 Å². The molecule has 0 bridgehead atoms. The second-order valence-corrected chi connectivity index (χ2v) is 4.57. The minimum Gasteiger partial charge on any atom is -0.390 e. The van der Waals surface area contributed by atoms with Crippen LogP contribution in [0.2, 0.25) is 0 Å². The largest absolute Gasteiger partial charge is 0.390 e. The standard InChI is InChI=1S/C11H14N4O3/c12-10-5-1-2-15(11(5)14-4-13-10)6-3-7(16)9(18)8(6)17/h1-2,4,6-9,16-18H,3H2,(H2,12,13,14). The molecule has 0 aromatic carbocycles. The van der Waals surface area contributed by atoms with Crippen molar-refractivity contribution in [2.24, 2.45) is 0 Å². The first-order valence-corrected chi connectivity index (χ1v) is 5.71. The third-order valence-corrected chi connectivity index (χ3v) is 3.52. The van der Waals surface area contributed by atoms with Crippen molar-refractivity contribution in [3.63, 3.8) is 0 Å². The maximum absolute atomic E-state index is 9.92. The van der Waals surface area contributed by atoms with Crippen molar-refractivity contribution in [1.82, 2.24) is 14.5 Å². The van der Waals surface area contributed by atoms with Crippen molar-refractivity contribution in [2.75, 3.05) is 5.73 Å². The number of rotatable bonds is 1. The molecular formula is C11H14N4O3. The number of aliphatic hydroxyl groups excluding tert-OH is 3. The van der Waals surface area contributed by atoms with E-state index in [4.69, 9.17) is 5.73 Å². The summed E-state index contributed by atoms with van der Waals surface area (Å²) >= 11 is 0. The van der Waals surface area contributed by atoms with Crippen molar-refractivity contribution >= 4 is 16.9 Å². The highest BCUT2D eigenvalue weighted by molar-refractivity contribution is 5.86. The highest BCUT2D eigenvalue weighted by atomic mass is 16.4. The maximum Gasteiger partial charge on any atom is 0.145 e. The summed E-state index contributed by atoms with van der Waals surface area (Å²) in [7, 11) is 0. The number of aliphatic hydroxyl groups is 3. The molecule has 0 aliphatic heterocycles. The summed E-state index contributed by atoms with van der Waals surface area (Å²) < 4.78 is 1.72. The third-order valence-electron chi connectivity index (χ3n) is 3.52. The molecule has 2 aromatic heterocycles. The molecule has 96 valence electrons. The van der Waals surface area contributed by atoms with Crippen LogP contribution >= 0.6 is 0 Å². The molecule has 4 unspecified atom stereocenters. The van der Waals surface area contributed by atoms with E-state index >= 15 is 0 Å². The fraction of sp³-hybridized carbons (Fsp3) is 0.455. The molecule has 3 rings (SSSR count). The van der Waals surface area contributed by atoms with Crippen LogP contribution in [0.15, 0.2) is 18.6 Å². The molecular weight excluding hydrogens is 236 g/mol. The highest BCUT2D eigenvalue weighted by Gasteiger charge is 2.41. The lowest BCUT2D eigenvalue weighted by atomic mass is 10.2. The Bertz CT molecular complexity index is 585. The molecule has 1 aliphatic rings. The summed E-state index contributed by atoms with van der Waals surface area (Å²) in [4.78, 5) is 8.02. The minimum absolute atomic E-state index is 0.274. The van der Waals surface area contributed by atoms with E-state index in [2.05, 4.69) is 9.97 Å². The van der Waals surface area contributed by atoms with Gasteiger partial charge < -0.3 is 25.6 Å². The van der Waals surface area contributed by atoms with Gasteiger partial charge in [0.15, 0.2) is 0 Å². The van der Waals surface area contributed by atoms with Crippen LogP contribution in [0.5, 0.6) is 0 Å². The van der Waals surface area contributed by atoms with Gasteiger partial charge in [-0.1, -0.05) is 0 Å². The van der Waals surface area contributed by atoms with Gasteiger partial charge in [-0.25, -0.2) is 9.97 Å². The van der Waals surface area contributed by atoms with Gasteiger partial charge in [-0.15, -0.1) is 0 Å². The van der Waals surface area contributed by atoms with Gasteiger partial charge in [0, 0.05) is 6.20 Å². The van der Waals surface area contributed by atoms with Crippen molar-refractivity contribution in [3.8, 4) is 0 Å². The molecule has 5 N–H and O–H groups in total. The lowest BCUT2D eigenvalue weighted by Crippen LogP contribution is -2.31. The fourth-order valence-corrected chi connectivity index (χ4v) is 2.52. The number of nitrogens with two attached hydrogens (primary N) is 1. The van der Waals surface area contributed by atoms with Crippen LogP contribution in [0, 0.1) is 0 Å². The Morgan fingerprint density at radius 3 is 2.67 bits per heavy atom. The molecule has 18 heavy (non-hydrogen) atoms. The van der Waals surface area contributed by atoms with E-state index in [1.807, 2.05) is 0 Å². The van der Waals surface area contributed by atoms with Gasteiger partial charge in [0.2, 0.25) is 0 Å². The zero-order valence-corrected chi connectivity index (χ0v) is 9.51. The van der Waals surface area contributed by atoms with Crippen LogP contribution in [0.4, 0.5) is 5.82 Å². The summed E-state index contributed by atoms with van der Waals surface area (Å²) in [6.07, 6.45) is 0.271. The average Bonchev–Trinajstić information content (AvgIpc) is 2.88. The molecule has 1 fully saturated rings. The van der Waals surface area contributed by atoms with Gasteiger partial charge in [0.05, 0.1) is 17.5 Å². The van der Waals surface area contributed by atoms with Crippen molar-refractivity contribution in [3.05, 3.63) is 18.6 Å². The van der Waals surface area contributed by atoms with E-state index < -0.39 is 24.4 Å². The first kappa shape index (κ1) is 11.4. The quantitative estimate of drug-likeness (QED) is 0.518. The Labute approximate surface area is 103 Å². The zero-order valence-electron chi connectivity index (χ0n) is 9.51. The number of aromatic nitrogens is 3. The lowest BCUT2D eigenvalue weighted by molar-refractivity contribution is -0.0244. The molecule has 1 saturated carbocycles. The second kappa shape index (κ2) is 3.91. The lowest BCUT2D eigenvalue weighted by Gasteiger charge is -2.18. The summed E-state index contributed by atoms with van der Waals surface area (Å²) in [5.41, 5.74) is 6.32. The molecule has 0 radical (unpaired) electrons. The normalized spacial score (nSPS) is 32.2. The van der Waals surface area contributed by atoms with Crippen LogP contribution in [0.3, 0.4) is 0 Å². The highest BCUT2D eigenvalue weighted by Crippen LogP contribution is 2.33. The van der Waals surface area contributed by atoms with Crippen LogP contribution < -0.4 is 5.73 Å². The van der Waals surface area contributed by atoms with Crippen LogP contribution in [-0.4, -0.2) is 48.2 Å². The van der Waals surface area contributed by atoms with Crippen LogP contribution in [0.1, 0.15) is 12.5 Å². The predicted molar refractivity (Wildman–Crippen MR) is 63.6 cm³/mol. The molecule has 0 spiro atoms. The topological polar surface area (TPSA) is 117 Å². The molecule has 0 saturated heterocycles. The maximum atomic E-state index is 9.92. The van der Waals surface area contributed by atoms with Gasteiger partial charge in [0.1, 0.15) is 30.0 Å². The number of nitrogen functional groups attached to an aromatic ring is 1. The number of hydrogen-bond acceptors (Lipinski definition) is 6. The molecule has 7 nitrogen and oxygen atoms in total. The third kappa shape index (κ3) is 1.48. The second-order valence-electron chi connectivity index (χ2n) is 4.57. The van der Waals surface area contributed by atoms with Gasteiger partial charge in [-0.2, -0.15) is 0 Å². The van der Waals surface area contributed by atoms with Crippen molar-refractivity contribution in [1.29, 1.82) is 0 Å². The average molecular weight is 250 g/mol. The SMILES string of the molecule is Nc1ncnc2c1ccn2C1CC(O)C(O)C1O. The summed E-state index contributed by atoms with van der Waals surface area (Å²) in [5, 5.41) is 29.8. The van der Waals surface area contributed by atoms with E-state index in [-0.39, 0.29) is 6.42 Å². The van der Waals surface area contributed by atoms with E-state index in [9.17, 15) is 15.3 Å². The number of fused-ring (bicyclic) bond motifs is 1. The summed E-state index contributed by atoms with van der Waals surface area (Å²) in [5.74, 6) is 0.368. The molecule has 7 heteroatoms. The van der Waals surface area contributed by atoms with Crippen LogP contribution in [-0.2, 0) is 0 Å². The van der Waals surface area contributed by atoms with Gasteiger partial charge >= 0.3 is 0 Å². The van der Waals surface area contributed by atoms with E-state index in [0.29, 0.717) is 16.9 Å². The Balaban J connectivity index is 2.08. The Morgan fingerprint density at radius 1 is 1.22 bits per heavy atom. The van der Waals surface area contributed by atoms with Crippen LogP contribution in [0.25, 0.3) is 11.0 Å². The number of nitrogens with zero attached hydrogens (tertiary/aromatic N) is 3. The van der Waals surface area contributed by atoms with E-state index in [1.54, 1.807) is 16.8 Å². The number of hydrogen-bond donors (Lipinski definition) is 4. The molecule has 2 heterocycles. The first-order valence-electron chi connectivity index (χ1n) is 5.71. The Morgan fingerprint density at radius 2 is 2.00 bits per heavy atom. The smallest absolute Gasteiger partial charge is 0.145 e. The van der Waals surface area contributed by atoms with Gasteiger partial charge in [0.25, 0.3) is 0 Å². The minimum atomic E-state index is -1.13. The molecule has 0 amide bonds. The zero-order chi connectivity index (χ0) is 12.9. The number of anilines is 1. The Hall–Kier alpha value is -1.70. The predicted octanol–water partition coefficient (Wildman–Crippen LogP) is -0.959. The molecule has 2 aromatic rings. The molecule has 4 atom stereocenters. The Kier molecular flexibility index (Phi) is 2.47.